The Kier molecular flexibility index (Phi) is 5.65. The molecule has 3 nitrogen and oxygen atoms in total. The van der Waals surface area contributed by atoms with Crippen LogP contribution in [0, 0.1) is 6.92 Å². The van der Waals surface area contributed by atoms with Gasteiger partial charge in [-0.25, -0.2) is 4.79 Å². The molecule has 1 N–H and O–H groups in total. The van der Waals surface area contributed by atoms with E-state index in [9.17, 15) is 9.90 Å². The number of hydrogen-bond donors (Lipinski definition) is 1. The maximum Gasteiger partial charge on any atom is 0.335 e. The minimum atomic E-state index is -0.916. The molecular formula is C35H29NO2. The second-order valence-electron chi connectivity index (χ2n) is 10.5. The molecule has 0 fully saturated rings. The zero-order valence-corrected chi connectivity index (χ0v) is 21.8. The highest BCUT2D eigenvalue weighted by atomic mass is 16.4. The molecule has 5 aromatic carbocycles. The van der Waals surface area contributed by atoms with Gasteiger partial charge in [0.25, 0.3) is 0 Å². The zero-order chi connectivity index (χ0) is 26.4. The minimum absolute atomic E-state index is 0.0823. The molecule has 0 heterocycles. The summed E-state index contributed by atoms with van der Waals surface area (Å²) >= 11 is 0. The second-order valence-corrected chi connectivity index (χ2v) is 10.5. The molecule has 0 aromatic heterocycles. The number of anilines is 3. The third-order valence-corrected chi connectivity index (χ3v) is 7.68. The molecule has 0 unspecified atom stereocenters. The SMILES string of the molecule is Cc1ccc2c(c1)C(C)(C)c1cc(N(c3ccccc3)c3ccc(-c4ccc(C(=O)O)cc4)cc3)ccc1-2. The molecule has 38 heavy (non-hydrogen) atoms. The number of rotatable bonds is 5. The number of aryl methyl sites for hydroxylation is 1. The monoisotopic (exact) mass is 495 g/mol. The molecule has 1 aliphatic rings. The van der Waals surface area contributed by atoms with Crippen LogP contribution in [0.2, 0.25) is 0 Å². The maximum atomic E-state index is 11.2. The molecular weight excluding hydrogens is 466 g/mol. The molecule has 6 rings (SSSR count). The normalized spacial score (nSPS) is 13.0. The van der Waals surface area contributed by atoms with Crippen LogP contribution in [0.15, 0.2) is 115 Å². The number of hydrogen-bond acceptors (Lipinski definition) is 2. The lowest BCUT2D eigenvalue weighted by molar-refractivity contribution is 0.0697. The summed E-state index contributed by atoms with van der Waals surface area (Å²) < 4.78 is 0. The van der Waals surface area contributed by atoms with E-state index in [-0.39, 0.29) is 11.0 Å². The molecule has 3 heteroatoms. The lowest BCUT2D eigenvalue weighted by atomic mass is 9.82. The van der Waals surface area contributed by atoms with E-state index in [1.165, 1.54) is 27.8 Å². The van der Waals surface area contributed by atoms with Gasteiger partial charge in [-0.2, -0.15) is 0 Å². The highest BCUT2D eigenvalue weighted by molar-refractivity contribution is 5.89. The van der Waals surface area contributed by atoms with Crippen molar-refractivity contribution < 1.29 is 9.90 Å². The molecule has 0 atom stereocenters. The van der Waals surface area contributed by atoms with E-state index in [1.54, 1.807) is 12.1 Å². The van der Waals surface area contributed by atoms with Crippen molar-refractivity contribution in [3.05, 3.63) is 138 Å². The van der Waals surface area contributed by atoms with Gasteiger partial charge in [-0.1, -0.05) is 86.1 Å². The van der Waals surface area contributed by atoms with Gasteiger partial charge in [0.1, 0.15) is 0 Å². The van der Waals surface area contributed by atoms with Crippen LogP contribution in [0.25, 0.3) is 22.3 Å². The molecule has 5 aromatic rings. The van der Waals surface area contributed by atoms with Crippen molar-refractivity contribution in [1.82, 2.24) is 0 Å². The topological polar surface area (TPSA) is 40.5 Å². The zero-order valence-electron chi connectivity index (χ0n) is 21.8. The minimum Gasteiger partial charge on any atom is -0.478 e. The van der Waals surface area contributed by atoms with Crippen molar-refractivity contribution >= 4 is 23.0 Å². The smallest absolute Gasteiger partial charge is 0.335 e. The van der Waals surface area contributed by atoms with E-state index in [2.05, 4.69) is 111 Å². The van der Waals surface area contributed by atoms with Gasteiger partial charge in [0, 0.05) is 22.5 Å². The Balaban J connectivity index is 1.42. The number of fused-ring (bicyclic) bond motifs is 3. The van der Waals surface area contributed by atoms with E-state index in [0.29, 0.717) is 0 Å². The average molecular weight is 496 g/mol. The number of aromatic carboxylic acids is 1. The van der Waals surface area contributed by atoms with Crippen molar-refractivity contribution in [3.8, 4) is 22.3 Å². The number of benzene rings is 5. The molecule has 0 saturated carbocycles. The average Bonchev–Trinajstić information content (AvgIpc) is 3.15. The van der Waals surface area contributed by atoms with Crippen molar-refractivity contribution in [2.24, 2.45) is 0 Å². The third-order valence-electron chi connectivity index (χ3n) is 7.68. The fourth-order valence-corrected chi connectivity index (χ4v) is 5.61. The second kappa shape index (κ2) is 9.04. The molecule has 0 bridgehead atoms. The summed E-state index contributed by atoms with van der Waals surface area (Å²) in [5.74, 6) is -0.916. The summed E-state index contributed by atoms with van der Waals surface area (Å²) in [6, 6.07) is 39.5. The molecule has 0 aliphatic heterocycles. The first-order valence-corrected chi connectivity index (χ1v) is 12.9. The number of carboxylic acid groups (broad SMARTS) is 1. The van der Waals surface area contributed by atoms with Gasteiger partial charge in [-0.15, -0.1) is 0 Å². The first-order chi connectivity index (χ1) is 18.3. The highest BCUT2D eigenvalue weighted by Gasteiger charge is 2.36. The molecule has 0 radical (unpaired) electrons. The predicted octanol–water partition coefficient (Wildman–Crippen LogP) is 9.14. The van der Waals surface area contributed by atoms with E-state index in [0.717, 1.165) is 28.2 Å². The van der Waals surface area contributed by atoms with Gasteiger partial charge >= 0.3 is 5.97 Å². The summed E-state index contributed by atoms with van der Waals surface area (Å²) in [5.41, 5.74) is 12.1. The summed E-state index contributed by atoms with van der Waals surface area (Å²) in [7, 11) is 0. The Morgan fingerprint density at radius 3 is 1.79 bits per heavy atom. The summed E-state index contributed by atoms with van der Waals surface area (Å²) in [6.45, 7) is 6.79. The van der Waals surface area contributed by atoms with Gasteiger partial charge in [0.2, 0.25) is 0 Å². The Morgan fingerprint density at radius 2 is 1.16 bits per heavy atom. The summed E-state index contributed by atoms with van der Waals surface area (Å²) in [5, 5.41) is 9.21. The Labute approximate surface area is 223 Å². The first kappa shape index (κ1) is 23.7. The van der Waals surface area contributed by atoms with Crippen LogP contribution < -0.4 is 4.90 Å². The lowest BCUT2D eigenvalue weighted by Crippen LogP contribution is -2.16. The van der Waals surface area contributed by atoms with Gasteiger partial charge in [0.05, 0.1) is 5.56 Å². The maximum absolute atomic E-state index is 11.2. The Hall–Kier alpha value is -4.63. The van der Waals surface area contributed by atoms with Crippen LogP contribution in [-0.4, -0.2) is 11.1 Å². The van der Waals surface area contributed by atoms with Crippen LogP contribution in [0.5, 0.6) is 0 Å². The number of carboxylic acids is 1. The fourth-order valence-electron chi connectivity index (χ4n) is 5.61. The van der Waals surface area contributed by atoms with Crippen LogP contribution in [0.4, 0.5) is 17.1 Å². The largest absolute Gasteiger partial charge is 0.478 e. The Morgan fingerprint density at radius 1 is 0.632 bits per heavy atom. The quantitative estimate of drug-likeness (QED) is 0.264. The summed E-state index contributed by atoms with van der Waals surface area (Å²) in [6.07, 6.45) is 0. The number of para-hydroxylation sites is 1. The van der Waals surface area contributed by atoms with Crippen molar-refractivity contribution in [2.75, 3.05) is 4.90 Å². The molecule has 0 spiro atoms. The van der Waals surface area contributed by atoms with E-state index in [4.69, 9.17) is 0 Å². The van der Waals surface area contributed by atoms with Gasteiger partial charge in [-0.05, 0) is 88.8 Å². The Bertz CT molecular complexity index is 1650. The molecule has 0 amide bonds. The van der Waals surface area contributed by atoms with E-state index >= 15 is 0 Å². The fraction of sp³-hybridized carbons (Fsp3) is 0.114. The highest BCUT2D eigenvalue weighted by Crippen LogP contribution is 2.50. The standard InChI is InChI=1S/C35H29NO2/c1-23-9-19-30-31-20-18-29(22-33(31)35(2,3)32(30)21-23)36(27-7-5-4-6-8-27)28-16-14-25(15-17-28)24-10-12-26(13-11-24)34(37)38/h4-22H,1-3H3,(H,37,38). The van der Waals surface area contributed by atoms with Gasteiger partial charge < -0.3 is 10.0 Å². The van der Waals surface area contributed by atoms with Crippen LogP contribution in [0.1, 0.15) is 40.9 Å². The predicted molar refractivity (Wildman–Crippen MR) is 156 cm³/mol. The van der Waals surface area contributed by atoms with Crippen LogP contribution in [-0.2, 0) is 5.41 Å². The van der Waals surface area contributed by atoms with Crippen molar-refractivity contribution in [3.63, 3.8) is 0 Å². The lowest BCUT2D eigenvalue weighted by Gasteiger charge is -2.28. The van der Waals surface area contributed by atoms with E-state index in [1.807, 2.05) is 18.2 Å². The van der Waals surface area contributed by atoms with Gasteiger partial charge in [0.15, 0.2) is 0 Å². The first-order valence-electron chi connectivity index (χ1n) is 12.9. The van der Waals surface area contributed by atoms with Crippen molar-refractivity contribution in [2.45, 2.75) is 26.2 Å². The van der Waals surface area contributed by atoms with Gasteiger partial charge in [-0.3, -0.25) is 0 Å². The van der Waals surface area contributed by atoms with Crippen LogP contribution in [0.3, 0.4) is 0 Å². The number of nitrogens with zero attached hydrogens (tertiary/aromatic N) is 1. The summed E-state index contributed by atoms with van der Waals surface area (Å²) in [4.78, 5) is 13.5. The number of carbonyl (C=O) groups is 1. The molecule has 186 valence electrons. The molecule has 1 aliphatic carbocycles. The van der Waals surface area contributed by atoms with E-state index < -0.39 is 5.97 Å². The molecule has 0 saturated heterocycles. The van der Waals surface area contributed by atoms with Crippen LogP contribution >= 0.6 is 0 Å². The van der Waals surface area contributed by atoms with Crippen molar-refractivity contribution in [1.29, 1.82) is 0 Å². The third kappa shape index (κ3) is 3.97.